The van der Waals surface area contributed by atoms with Crippen molar-refractivity contribution in [3.05, 3.63) is 61.6 Å². The minimum absolute atomic E-state index is 0.0856. The number of allylic oxidation sites excluding steroid dienone is 2. The summed E-state index contributed by atoms with van der Waals surface area (Å²) in [6, 6.07) is 0. The molecule has 0 unspecified atom stereocenters. The molecule has 0 heterocycles. The van der Waals surface area contributed by atoms with Crippen LogP contribution in [0.4, 0.5) is 0 Å². The van der Waals surface area contributed by atoms with Crippen LogP contribution in [-0.4, -0.2) is 11.9 Å². The van der Waals surface area contributed by atoms with Crippen molar-refractivity contribution in [3.63, 3.8) is 0 Å². The lowest BCUT2D eigenvalue weighted by Gasteiger charge is -2.03. The molecule has 0 aliphatic heterocycles. The second kappa shape index (κ2) is 7.00. The maximum atomic E-state index is 11.1. The molecule has 0 aliphatic rings. The average Bonchev–Trinajstić information content (AvgIpc) is 2.25. The molecule has 0 N–H and O–H groups in total. The lowest BCUT2D eigenvalue weighted by atomic mass is 10.3. The summed E-state index contributed by atoms with van der Waals surface area (Å²) in [5.41, 5.74) is 0.261. The molecule has 0 atom stereocenters. The van der Waals surface area contributed by atoms with Crippen LogP contribution in [0.15, 0.2) is 61.6 Å². The van der Waals surface area contributed by atoms with Gasteiger partial charge in [-0.3, -0.25) is 0 Å². The summed E-state index contributed by atoms with van der Waals surface area (Å²) in [6.45, 7) is 15.1. The van der Waals surface area contributed by atoms with Crippen LogP contribution >= 0.6 is 0 Å². The van der Waals surface area contributed by atoms with Gasteiger partial charge >= 0.3 is 11.9 Å². The van der Waals surface area contributed by atoms with Crippen LogP contribution in [0.1, 0.15) is 6.92 Å². The molecule has 0 aromatic heterocycles. The predicted molar refractivity (Wildman–Crippen MR) is 64.6 cm³/mol. The van der Waals surface area contributed by atoms with Gasteiger partial charge in [0.25, 0.3) is 0 Å². The Labute approximate surface area is 100 Å². The summed E-state index contributed by atoms with van der Waals surface area (Å²) in [5, 5.41) is 0. The summed E-state index contributed by atoms with van der Waals surface area (Å²) >= 11 is 0. The van der Waals surface area contributed by atoms with Crippen LogP contribution in [-0.2, 0) is 19.1 Å². The van der Waals surface area contributed by atoms with Gasteiger partial charge in [-0.1, -0.05) is 26.3 Å². The standard InChI is InChI=1S/C13H14O4/c1-6-12(14)16-10(4)7-8-11(5)17-13(15)9(2)3/h6-8H,1-2,4-5H2,3H3/b8-7-. The number of esters is 2. The number of carbonyl (C=O) groups is 2. The van der Waals surface area contributed by atoms with E-state index in [1.807, 2.05) is 0 Å². The highest BCUT2D eigenvalue weighted by atomic mass is 16.5. The number of carbonyl (C=O) groups excluding carboxylic acids is 2. The van der Waals surface area contributed by atoms with E-state index in [0.29, 0.717) is 0 Å². The number of hydrogen-bond acceptors (Lipinski definition) is 4. The SMILES string of the molecule is C=CC(=O)OC(=C)/C=C\C(=C)OC(=O)C(=C)C. The van der Waals surface area contributed by atoms with Gasteiger partial charge in [0.1, 0.15) is 11.5 Å². The predicted octanol–water partition coefficient (Wildman–Crippen LogP) is 2.42. The first-order valence-electron chi connectivity index (χ1n) is 4.64. The third kappa shape index (κ3) is 6.67. The maximum absolute atomic E-state index is 11.1. The summed E-state index contributed by atoms with van der Waals surface area (Å²) in [4.78, 5) is 21.9. The van der Waals surface area contributed by atoms with Gasteiger partial charge in [-0.05, 0) is 19.1 Å². The topological polar surface area (TPSA) is 52.6 Å². The molecular formula is C13H14O4. The first kappa shape index (κ1) is 14.6. The lowest BCUT2D eigenvalue weighted by Crippen LogP contribution is -2.03. The first-order valence-corrected chi connectivity index (χ1v) is 4.64. The van der Waals surface area contributed by atoms with Gasteiger partial charge in [0.15, 0.2) is 0 Å². The molecule has 0 saturated carbocycles. The van der Waals surface area contributed by atoms with Crippen molar-refractivity contribution >= 4 is 11.9 Å². The summed E-state index contributed by atoms with van der Waals surface area (Å²) in [5.74, 6) is -1.02. The summed E-state index contributed by atoms with van der Waals surface area (Å²) in [6.07, 6.45) is 3.70. The molecule has 0 aromatic rings. The molecule has 0 amide bonds. The van der Waals surface area contributed by atoms with E-state index in [0.717, 1.165) is 6.08 Å². The van der Waals surface area contributed by atoms with E-state index < -0.39 is 11.9 Å². The van der Waals surface area contributed by atoms with Gasteiger partial charge in [-0.2, -0.15) is 0 Å². The van der Waals surface area contributed by atoms with Gasteiger partial charge < -0.3 is 9.47 Å². The Balaban J connectivity index is 4.25. The van der Waals surface area contributed by atoms with Gasteiger partial charge in [0, 0.05) is 11.6 Å². The van der Waals surface area contributed by atoms with Crippen molar-refractivity contribution in [1.82, 2.24) is 0 Å². The molecule has 0 aliphatic carbocycles. The maximum Gasteiger partial charge on any atom is 0.338 e. The van der Waals surface area contributed by atoms with Crippen LogP contribution in [0.3, 0.4) is 0 Å². The molecule has 0 aromatic carbocycles. The molecule has 90 valence electrons. The van der Waals surface area contributed by atoms with Crippen molar-refractivity contribution in [3.8, 4) is 0 Å². The van der Waals surface area contributed by atoms with E-state index in [2.05, 4.69) is 31.1 Å². The summed E-state index contributed by atoms with van der Waals surface area (Å²) in [7, 11) is 0. The minimum atomic E-state index is -0.621. The normalized spacial score (nSPS) is 9.47. The molecule has 0 rings (SSSR count). The Morgan fingerprint density at radius 3 is 1.88 bits per heavy atom. The highest BCUT2D eigenvalue weighted by molar-refractivity contribution is 5.87. The Morgan fingerprint density at radius 2 is 1.47 bits per heavy atom. The van der Waals surface area contributed by atoms with E-state index in [9.17, 15) is 9.59 Å². The number of hydrogen-bond donors (Lipinski definition) is 0. The smallest absolute Gasteiger partial charge is 0.338 e. The van der Waals surface area contributed by atoms with Crippen molar-refractivity contribution in [1.29, 1.82) is 0 Å². The molecule has 17 heavy (non-hydrogen) atoms. The fourth-order valence-electron chi connectivity index (χ4n) is 0.631. The second-order valence-electron chi connectivity index (χ2n) is 3.06. The van der Waals surface area contributed by atoms with Crippen molar-refractivity contribution < 1.29 is 19.1 Å². The van der Waals surface area contributed by atoms with Gasteiger partial charge in [-0.25, -0.2) is 9.59 Å². The number of rotatable bonds is 6. The van der Waals surface area contributed by atoms with Gasteiger partial charge in [-0.15, -0.1) is 0 Å². The first-order chi connectivity index (χ1) is 7.86. The fourth-order valence-corrected chi connectivity index (χ4v) is 0.631. The zero-order valence-corrected chi connectivity index (χ0v) is 9.69. The third-order valence-corrected chi connectivity index (χ3v) is 1.43. The van der Waals surface area contributed by atoms with E-state index in [1.165, 1.54) is 19.1 Å². The van der Waals surface area contributed by atoms with Gasteiger partial charge in [0.05, 0.1) is 0 Å². The lowest BCUT2D eigenvalue weighted by molar-refractivity contribution is -0.135. The fraction of sp³-hybridized carbons (Fsp3) is 0.0769. The molecule has 0 radical (unpaired) electrons. The molecule has 0 saturated heterocycles. The molecule has 0 fully saturated rings. The van der Waals surface area contributed by atoms with Crippen LogP contribution < -0.4 is 0 Å². The summed E-state index contributed by atoms with van der Waals surface area (Å²) < 4.78 is 9.44. The van der Waals surface area contributed by atoms with Crippen molar-refractivity contribution in [2.75, 3.05) is 0 Å². The zero-order valence-electron chi connectivity index (χ0n) is 9.69. The largest absolute Gasteiger partial charge is 0.424 e. The Hall–Kier alpha value is -2.36. The Kier molecular flexibility index (Phi) is 6.03. The highest BCUT2D eigenvalue weighted by Gasteiger charge is 2.04. The zero-order chi connectivity index (χ0) is 13.4. The van der Waals surface area contributed by atoms with Crippen molar-refractivity contribution in [2.24, 2.45) is 0 Å². The van der Waals surface area contributed by atoms with Crippen LogP contribution in [0.25, 0.3) is 0 Å². The molecule has 4 heteroatoms. The van der Waals surface area contributed by atoms with Crippen molar-refractivity contribution in [2.45, 2.75) is 6.92 Å². The van der Waals surface area contributed by atoms with Crippen LogP contribution in [0.2, 0.25) is 0 Å². The molecule has 0 bridgehead atoms. The monoisotopic (exact) mass is 234 g/mol. The van der Waals surface area contributed by atoms with E-state index in [4.69, 9.17) is 4.74 Å². The molecule has 4 nitrogen and oxygen atoms in total. The van der Waals surface area contributed by atoms with Crippen LogP contribution in [0, 0.1) is 0 Å². The van der Waals surface area contributed by atoms with E-state index >= 15 is 0 Å². The second-order valence-corrected chi connectivity index (χ2v) is 3.06. The van der Waals surface area contributed by atoms with E-state index in [-0.39, 0.29) is 17.1 Å². The Morgan fingerprint density at radius 1 is 1.00 bits per heavy atom. The highest BCUT2D eigenvalue weighted by Crippen LogP contribution is 2.04. The quantitative estimate of drug-likeness (QED) is 0.306. The third-order valence-electron chi connectivity index (χ3n) is 1.43. The molecule has 0 spiro atoms. The van der Waals surface area contributed by atoms with Crippen LogP contribution in [0.5, 0.6) is 0 Å². The van der Waals surface area contributed by atoms with Gasteiger partial charge in [0.2, 0.25) is 0 Å². The minimum Gasteiger partial charge on any atom is -0.424 e. The molecular weight excluding hydrogens is 220 g/mol. The number of ether oxygens (including phenoxy) is 2. The van der Waals surface area contributed by atoms with E-state index in [1.54, 1.807) is 0 Å². The Bertz CT molecular complexity index is 413. The average molecular weight is 234 g/mol.